The quantitative estimate of drug-likeness (QED) is 0.748. The molecule has 0 fully saturated rings. The van der Waals surface area contributed by atoms with Gasteiger partial charge < -0.3 is 9.47 Å². The van der Waals surface area contributed by atoms with Crippen molar-refractivity contribution in [2.24, 2.45) is 5.92 Å². The van der Waals surface area contributed by atoms with Crippen LogP contribution in [0.4, 0.5) is 4.39 Å². The molecule has 0 aromatic heterocycles. The largest absolute Gasteiger partial charge is 0.493 e. The Balaban J connectivity index is 2.48. The van der Waals surface area contributed by atoms with Crippen molar-refractivity contribution in [2.45, 2.75) is 25.4 Å². The van der Waals surface area contributed by atoms with Crippen molar-refractivity contribution < 1.29 is 13.9 Å². The monoisotopic (exact) mass is 248 g/mol. The Labute approximate surface area is 107 Å². The molecule has 0 saturated heterocycles. The third-order valence-electron chi connectivity index (χ3n) is 3.44. The van der Waals surface area contributed by atoms with Crippen LogP contribution in [-0.4, -0.2) is 19.4 Å². The highest BCUT2D eigenvalue weighted by Gasteiger charge is 2.41. The van der Waals surface area contributed by atoms with Gasteiger partial charge in [-0.3, -0.25) is 0 Å². The molecule has 0 amide bonds. The molecule has 1 aliphatic heterocycles. The van der Waals surface area contributed by atoms with Gasteiger partial charge in [-0.2, -0.15) is 0 Å². The summed E-state index contributed by atoms with van der Waals surface area (Å²) in [5.41, 5.74) is -0.545. The molecule has 0 saturated carbocycles. The molecule has 1 aromatic rings. The topological polar surface area (TPSA) is 18.5 Å². The van der Waals surface area contributed by atoms with E-state index in [0.29, 0.717) is 11.5 Å². The van der Waals surface area contributed by atoms with E-state index in [1.54, 1.807) is 7.11 Å². The number of fused-ring (bicyclic) bond motifs is 1. The van der Waals surface area contributed by atoms with Crippen molar-refractivity contribution in [3.05, 3.63) is 23.8 Å². The van der Waals surface area contributed by atoms with Crippen LogP contribution in [0.25, 0.3) is 0 Å². The van der Waals surface area contributed by atoms with E-state index in [0.717, 1.165) is 5.56 Å². The van der Waals surface area contributed by atoms with Crippen LogP contribution in [0.1, 0.15) is 25.3 Å². The molecule has 2 atom stereocenters. The average molecular weight is 248 g/mol. The summed E-state index contributed by atoms with van der Waals surface area (Å²) in [6.45, 7) is 3.35. The van der Waals surface area contributed by atoms with Crippen LogP contribution in [0, 0.1) is 18.3 Å². The second kappa shape index (κ2) is 4.53. The van der Waals surface area contributed by atoms with Crippen molar-refractivity contribution in [1.29, 1.82) is 0 Å². The van der Waals surface area contributed by atoms with E-state index in [4.69, 9.17) is 15.9 Å². The van der Waals surface area contributed by atoms with Crippen LogP contribution in [0.15, 0.2) is 18.2 Å². The number of benzene rings is 1. The molecule has 1 heterocycles. The SMILES string of the molecule is C#CC1c2cccc(OC)c2OCC1C(C)(C)F. The molecule has 2 unspecified atom stereocenters. The summed E-state index contributed by atoms with van der Waals surface area (Å²) in [6.07, 6.45) is 5.58. The van der Waals surface area contributed by atoms with Crippen LogP contribution in [-0.2, 0) is 0 Å². The van der Waals surface area contributed by atoms with Crippen LogP contribution in [0.3, 0.4) is 0 Å². The van der Waals surface area contributed by atoms with Gasteiger partial charge in [-0.1, -0.05) is 18.1 Å². The minimum absolute atomic E-state index is 0.270. The fourth-order valence-electron chi connectivity index (χ4n) is 2.38. The van der Waals surface area contributed by atoms with Gasteiger partial charge >= 0.3 is 0 Å². The Kier molecular flexibility index (Phi) is 3.21. The third-order valence-corrected chi connectivity index (χ3v) is 3.44. The Bertz CT molecular complexity index is 482. The summed E-state index contributed by atoms with van der Waals surface area (Å²) in [5, 5.41) is 0. The lowest BCUT2D eigenvalue weighted by atomic mass is 9.77. The Morgan fingerprint density at radius 1 is 1.50 bits per heavy atom. The fraction of sp³-hybridized carbons (Fsp3) is 0.467. The maximum atomic E-state index is 14.2. The van der Waals surface area contributed by atoms with E-state index in [9.17, 15) is 4.39 Å². The summed E-state index contributed by atoms with van der Waals surface area (Å²) >= 11 is 0. The van der Waals surface area contributed by atoms with Gasteiger partial charge in [-0.05, 0) is 19.9 Å². The first-order chi connectivity index (χ1) is 8.49. The van der Waals surface area contributed by atoms with Gasteiger partial charge in [-0.15, -0.1) is 6.42 Å². The van der Waals surface area contributed by atoms with Crippen LogP contribution < -0.4 is 9.47 Å². The molecule has 18 heavy (non-hydrogen) atoms. The summed E-state index contributed by atoms with van der Waals surface area (Å²) in [5.74, 6) is 3.34. The molecule has 0 radical (unpaired) electrons. The Hall–Kier alpha value is -1.69. The molecule has 2 rings (SSSR count). The molecule has 2 nitrogen and oxygen atoms in total. The number of alkyl halides is 1. The Morgan fingerprint density at radius 3 is 2.78 bits per heavy atom. The first-order valence-electron chi connectivity index (χ1n) is 5.93. The maximum Gasteiger partial charge on any atom is 0.165 e. The smallest absolute Gasteiger partial charge is 0.165 e. The maximum absolute atomic E-state index is 14.2. The first kappa shape index (κ1) is 12.8. The number of halogens is 1. The summed E-state index contributed by atoms with van der Waals surface area (Å²) in [7, 11) is 1.58. The lowest BCUT2D eigenvalue weighted by Gasteiger charge is -2.36. The predicted molar refractivity (Wildman–Crippen MR) is 68.7 cm³/mol. The van der Waals surface area contributed by atoms with E-state index in [2.05, 4.69) is 5.92 Å². The molecule has 1 aromatic carbocycles. The van der Waals surface area contributed by atoms with Gasteiger partial charge in [0.25, 0.3) is 0 Å². The number of rotatable bonds is 2. The minimum atomic E-state index is -1.38. The molecule has 0 N–H and O–H groups in total. The zero-order chi connectivity index (χ0) is 13.3. The average Bonchev–Trinajstić information content (AvgIpc) is 2.35. The Morgan fingerprint density at radius 2 is 2.22 bits per heavy atom. The van der Waals surface area contributed by atoms with Crippen molar-refractivity contribution in [3.63, 3.8) is 0 Å². The van der Waals surface area contributed by atoms with Gasteiger partial charge in [0.2, 0.25) is 0 Å². The van der Waals surface area contributed by atoms with Gasteiger partial charge in [0.15, 0.2) is 11.5 Å². The van der Waals surface area contributed by atoms with Crippen LogP contribution in [0.5, 0.6) is 11.5 Å². The van der Waals surface area contributed by atoms with Crippen molar-refractivity contribution in [3.8, 4) is 23.8 Å². The zero-order valence-corrected chi connectivity index (χ0v) is 10.9. The van der Waals surface area contributed by atoms with Crippen molar-refractivity contribution >= 4 is 0 Å². The molecule has 3 heteroatoms. The molecule has 0 aliphatic carbocycles. The molecule has 96 valence electrons. The predicted octanol–water partition coefficient (Wildman–Crippen LogP) is 3.17. The zero-order valence-electron chi connectivity index (χ0n) is 10.9. The lowest BCUT2D eigenvalue weighted by Crippen LogP contribution is -2.38. The highest BCUT2D eigenvalue weighted by Crippen LogP contribution is 2.46. The number of ether oxygens (including phenoxy) is 2. The van der Waals surface area contributed by atoms with E-state index in [1.165, 1.54) is 13.8 Å². The molecular weight excluding hydrogens is 231 g/mol. The molecule has 0 bridgehead atoms. The van der Waals surface area contributed by atoms with E-state index < -0.39 is 5.67 Å². The second-order valence-electron chi connectivity index (χ2n) is 5.00. The number of methoxy groups -OCH3 is 1. The highest BCUT2D eigenvalue weighted by molar-refractivity contribution is 5.52. The second-order valence-corrected chi connectivity index (χ2v) is 5.00. The number of hydrogen-bond acceptors (Lipinski definition) is 2. The lowest BCUT2D eigenvalue weighted by molar-refractivity contribution is 0.0592. The number of terminal acetylenes is 1. The molecule has 0 spiro atoms. The summed E-state index contributed by atoms with van der Waals surface area (Å²) in [4.78, 5) is 0. The van der Waals surface area contributed by atoms with Gasteiger partial charge in [0.1, 0.15) is 5.67 Å². The minimum Gasteiger partial charge on any atom is -0.493 e. The third kappa shape index (κ3) is 2.03. The normalized spacial score (nSPS) is 22.6. The molecule has 1 aliphatic rings. The van der Waals surface area contributed by atoms with Crippen molar-refractivity contribution in [2.75, 3.05) is 13.7 Å². The first-order valence-corrected chi connectivity index (χ1v) is 5.93. The van der Waals surface area contributed by atoms with E-state index in [-0.39, 0.29) is 18.4 Å². The number of para-hydroxylation sites is 1. The van der Waals surface area contributed by atoms with Crippen LogP contribution in [0.2, 0.25) is 0 Å². The number of hydrogen-bond donors (Lipinski definition) is 0. The molecular formula is C15H17FO2. The fourth-order valence-corrected chi connectivity index (χ4v) is 2.38. The summed E-state index contributed by atoms with van der Waals surface area (Å²) < 4.78 is 25.1. The van der Waals surface area contributed by atoms with Gasteiger partial charge in [0, 0.05) is 11.5 Å². The van der Waals surface area contributed by atoms with Crippen LogP contribution >= 0.6 is 0 Å². The highest BCUT2D eigenvalue weighted by atomic mass is 19.1. The van der Waals surface area contributed by atoms with Gasteiger partial charge in [0.05, 0.1) is 19.6 Å². The van der Waals surface area contributed by atoms with E-state index in [1.807, 2.05) is 18.2 Å². The summed E-state index contributed by atoms with van der Waals surface area (Å²) in [6, 6.07) is 5.53. The van der Waals surface area contributed by atoms with E-state index >= 15 is 0 Å². The van der Waals surface area contributed by atoms with Gasteiger partial charge in [-0.25, -0.2) is 4.39 Å². The standard InChI is InChI=1S/C15H17FO2/c1-5-10-11-7-6-8-13(17-4)14(11)18-9-12(10)15(2,3)16/h1,6-8,10,12H,9H2,2-4H3. The van der Waals surface area contributed by atoms with Crippen molar-refractivity contribution in [1.82, 2.24) is 0 Å².